The Labute approximate surface area is 215 Å². The van der Waals surface area contributed by atoms with Crippen molar-refractivity contribution < 1.29 is 23.7 Å². The van der Waals surface area contributed by atoms with Crippen LogP contribution in [0.5, 0.6) is 23.0 Å². The monoisotopic (exact) mass is 558 g/mol. The molecule has 1 amide bonds. The van der Waals surface area contributed by atoms with E-state index in [9.17, 15) is 4.79 Å². The van der Waals surface area contributed by atoms with Crippen LogP contribution in [-0.4, -0.2) is 54.4 Å². The topological polar surface area (TPSA) is 106 Å². The summed E-state index contributed by atoms with van der Waals surface area (Å²) in [6.07, 6.45) is 2.30. The fourth-order valence-corrected chi connectivity index (χ4v) is 4.74. The molecule has 11 heteroatoms. The number of aliphatic imine (C=N–C) groups is 1. The average molecular weight is 559 g/mol. The smallest absolute Gasteiger partial charge is 0.283 e. The number of carbonyl (C=O) groups excluding carboxylic acids is 1. The molecule has 2 aliphatic heterocycles. The number of hydrogen-bond donors (Lipinski definition) is 1. The molecule has 2 aromatic rings. The predicted octanol–water partition coefficient (Wildman–Crippen LogP) is 4.95. The highest BCUT2D eigenvalue weighted by molar-refractivity contribution is 9.10. The second-order valence-corrected chi connectivity index (χ2v) is 9.14. The Morgan fingerprint density at radius 2 is 1.80 bits per heavy atom. The molecule has 182 valence electrons. The molecule has 2 aromatic carbocycles. The third-order valence-electron chi connectivity index (χ3n) is 5.02. The molecule has 1 N–H and O–H groups in total. The largest absolute Gasteiger partial charge is 0.493 e. The molecule has 0 bridgehead atoms. The first-order chi connectivity index (χ1) is 16.9. The molecule has 2 heterocycles. The number of nitrogens with one attached hydrogen (secondary N) is 1. The molecule has 0 atom stereocenters. The van der Waals surface area contributed by atoms with E-state index < -0.39 is 5.91 Å². The molecule has 9 nitrogen and oxygen atoms in total. The van der Waals surface area contributed by atoms with Crippen molar-refractivity contribution >= 4 is 55.7 Å². The minimum Gasteiger partial charge on any atom is -0.493 e. The Morgan fingerprint density at radius 3 is 2.51 bits per heavy atom. The number of benzene rings is 2. The van der Waals surface area contributed by atoms with Gasteiger partial charge in [-0.25, -0.2) is 0 Å². The predicted molar refractivity (Wildman–Crippen MR) is 140 cm³/mol. The van der Waals surface area contributed by atoms with Crippen molar-refractivity contribution in [1.82, 2.24) is 5.01 Å². The maximum Gasteiger partial charge on any atom is 0.283 e. The summed E-state index contributed by atoms with van der Waals surface area (Å²) < 4.78 is 23.1. The number of hydrogen-bond acceptors (Lipinski definition) is 8. The fraction of sp³-hybridized carbons (Fsp3) is 0.250. The first-order valence-corrected chi connectivity index (χ1v) is 12.3. The Morgan fingerprint density at radius 1 is 1.09 bits per heavy atom. The summed E-state index contributed by atoms with van der Waals surface area (Å²) in [6.45, 7) is 2.52. The molecule has 0 saturated heterocycles. The molecule has 0 saturated carbocycles. The van der Waals surface area contributed by atoms with E-state index in [0.717, 1.165) is 5.04 Å². The van der Waals surface area contributed by atoms with Gasteiger partial charge in [-0.3, -0.25) is 10.2 Å². The zero-order chi connectivity index (χ0) is 24.9. The highest BCUT2D eigenvalue weighted by atomic mass is 79.9. The Balaban J connectivity index is 1.49. The number of para-hydroxylation sites is 2. The lowest BCUT2D eigenvalue weighted by Gasteiger charge is -2.20. The number of amides is 1. The Bertz CT molecular complexity index is 1260. The fourth-order valence-electron chi connectivity index (χ4n) is 3.34. The van der Waals surface area contributed by atoms with Crippen LogP contribution in [0.15, 0.2) is 56.5 Å². The molecule has 35 heavy (non-hydrogen) atoms. The van der Waals surface area contributed by atoms with Crippen LogP contribution in [0.4, 0.5) is 0 Å². The number of ether oxygens (including phenoxy) is 4. The average Bonchev–Trinajstić information content (AvgIpc) is 3.28. The molecule has 0 radical (unpaired) electrons. The van der Waals surface area contributed by atoms with Crippen molar-refractivity contribution in [1.29, 1.82) is 5.41 Å². The minimum atomic E-state index is -0.481. The van der Waals surface area contributed by atoms with Gasteiger partial charge >= 0.3 is 0 Å². The zero-order valence-corrected chi connectivity index (χ0v) is 21.7. The summed E-state index contributed by atoms with van der Waals surface area (Å²) in [5, 5.41) is 15.4. The number of amidine groups is 2. The van der Waals surface area contributed by atoms with Gasteiger partial charge in [0.05, 0.1) is 24.3 Å². The molecule has 0 aromatic heterocycles. The van der Waals surface area contributed by atoms with E-state index in [-0.39, 0.29) is 18.0 Å². The van der Waals surface area contributed by atoms with E-state index in [4.69, 9.17) is 24.4 Å². The maximum absolute atomic E-state index is 12.6. The number of halogens is 1. The van der Waals surface area contributed by atoms with E-state index in [1.165, 1.54) is 23.9 Å². The van der Waals surface area contributed by atoms with Crippen molar-refractivity contribution in [2.45, 2.75) is 13.3 Å². The number of fused-ring (bicyclic) bond motifs is 1. The van der Waals surface area contributed by atoms with Gasteiger partial charge in [-0.05, 0) is 70.0 Å². The number of nitrogens with zero attached hydrogens (tertiary/aromatic N) is 3. The van der Waals surface area contributed by atoms with Crippen LogP contribution in [0.3, 0.4) is 0 Å². The van der Waals surface area contributed by atoms with Gasteiger partial charge in [-0.2, -0.15) is 15.1 Å². The van der Waals surface area contributed by atoms with E-state index >= 15 is 0 Å². The summed E-state index contributed by atoms with van der Waals surface area (Å²) in [6, 6.07) is 10.9. The van der Waals surface area contributed by atoms with Gasteiger partial charge in [0.2, 0.25) is 5.17 Å². The highest BCUT2D eigenvalue weighted by Gasteiger charge is 2.35. The molecular formula is C24H23BrN4O5S. The second kappa shape index (κ2) is 11.0. The third-order valence-corrected chi connectivity index (χ3v) is 6.66. The summed E-state index contributed by atoms with van der Waals surface area (Å²) in [5.41, 5.74) is 0.785. The number of carbonyl (C=O) groups is 1. The molecule has 0 unspecified atom stereocenters. The van der Waals surface area contributed by atoms with Gasteiger partial charge in [0.25, 0.3) is 5.91 Å². The van der Waals surface area contributed by atoms with Crippen molar-refractivity contribution in [2.75, 3.05) is 27.4 Å². The second-order valence-electron chi connectivity index (χ2n) is 7.25. The van der Waals surface area contributed by atoms with Crippen LogP contribution in [0.25, 0.3) is 6.08 Å². The number of rotatable bonds is 9. The standard InChI is InChI=1S/C24H23BrN4O5S/c1-4-20-28-29-22(26)15(23(30)27-24(29)35-20)11-14-12-16(25)21(19(13-14)32-3)34-10-9-33-18-8-6-5-7-17(18)31-2/h5-8,11-13,26H,4,9-10H2,1-3H3. The summed E-state index contributed by atoms with van der Waals surface area (Å²) in [4.78, 5) is 16.7. The lowest BCUT2D eigenvalue weighted by Crippen LogP contribution is -2.35. The summed E-state index contributed by atoms with van der Waals surface area (Å²) >= 11 is 4.83. The van der Waals surface area contributed by atoms with Gasteiger partial charge < -0.3 is 18.9 Å². The SMILES string of the molecule is CCC1=NN2C(=N)C(=Cc3cc(Br)c(OCCOc4ccccc4OC)c(OC)c3)C(=O)N=C2S1. The lowest BCUT2D eigenvalue weighted by atomic mass is 10.1. The van der Waals surface area contributed by atoms with Crippen molar-refractivity contribution in [3.05, 3.63) is 52.0 Å². The van der Waals surface area contributed by atoms with Crippen LogP contribution in [0.1, 0.15) is 18.9 Å². The Hall–Kier alpha value is -3.31. The first-order valence-electron chi connectivity index (χ1n) is 10.7. The van der Waals surface area contributed by atoms with Gasteiger partial charge in [0, 0.05) is 0 Å². The molecule has 4 rings (SSSR count). The zero-order valence-electron chi connectivity index (χ0n) is 19.3. The first kappa shape index (κ1) is 24.8. The van der Waals surface area contributed by atoms with E-state index in [1.54, 1.807) is 25.3 Å². The molecule has 2 aliphatic rings. The van der Waals surface area contributed by atoms with Crippen molar-refractivity contribution in [3.63, 3.8) is 0 Å². The van der Waals surface area contributed by atoms with Crippen LogP contribution >= 0.6 is 27.7 Å². The summed E-state index contributed by atoms with van der Waals surface area (Å²) in [7, 11) is 3.12. The van der Waals surface area contributed by atoms with Gasteiger partial charge in [0.1, 0.15) is 18.3 Å². The Kier molecular flexibility index (Phi) is 7.76. The molecule has 0 fully saturated rings. The number of thioether (sulfide) groups is 1. The quantitative estimate of drug-likeness (QED) is 0.342. The van der Waals surface area contributed by atoms with Crippen molar-refractivity contribution in [3.8, 4) is 23.0 Å². The van der Waals surface area contributed by atoms with Gasteiger partial charge in [-0.1, -0.05) is 19.1 Å². The molecule has 0 aliphatic carbocycles. The molecular weight excluding hydrogens is 536 g/mol. The lowest BCUT2D eigenvalue weighted by molar-refractivity contribution is -0.114. The maximum atomic E-state index is 12.6. The van der Waals surface area contributed by atoms with Gasteiger partial charge in [-0.15, -0.1) is 0 Å². The van der Waals surface area contributed by atoms with E-state index in [0.29, 0.717) is 51.2 Å². The minimum absolute atomic E-state index is 0.0140. The van der Waals surface area contributed by atoms with E-state index in [2.05, 4.69) is 26.0 Å². The third kappa shape index (κ3) is 5.35. The highest BCUT2D eigenvalue weighted by Crippen LogP contribution is 2.38. The number of methoxy groups -OCH3 is 2. The molecule has 0 spiro atoms. The van der Waals surface area contributed by atoms with Gasteiger partial charge in [0.15, 0.2) is 28.8 Å². The van der Waals surface area contributed by atoms with Crippen LogP contribution < -0.4 is 18.9 Å². The van der Waals surface area contributed by atoms with Crippen LogP contribution in [0, 0.1) is 5.41 Å². The summed E-state index contributed by atoms with van der Waals surface area (Å²) in [5.74, 6) is 1.74. The van der Waals surface area contributed by atoms with Crippen molar-refractivity contribution in [2.24, 2.45) is 10.1 Å². The normalized spacial score (nSPS) is 16.1. The van der Waals surface area contributed by atoms with Crippen LogP contribution in [0.2, 0.25) is 0 Å². The van der Waals surface area contributed by atoms with E-state index in [1.807, 2.05) is 31.2 Å². The number of hydrazone groups is 1. The van der Waals surface area contributed by atoms with Crippen LogP contribution in [-0.2, 0) is 4.79 Å².